The van der Waals surface area contributed by atoms with Gasteiger partial charge in [-0.25, -0.2) is 0 Å². The summed E-state index contributed by atoms with van der Waals surface area (Å²) in [5.74, 6) is 0.245. The standard InChI is InChI=1S/C24H23NO4/c1-16-8-4-6-10-20(16)25(15-19-12-17-9-5-7-11-21(17)28-19)23(27)22-13-18(26)14-24(2,3)29-22/h4-13H,14-15H2,1-3H3. The van der Waals surface area contributed by atoms with Gasteiger partial charge in [0.05, 0.1) is 6.54 Å². The van der Waals surface area contributed by atoms with Gasteiger partial charge in [-0.2, -0.15) is 0 Å². The summed E-state index contributed by atoms with van der Waals surface area (Å²) in [4.78, 5) is 27.2. The van der Waals surface area contributed by atoms with Gasteiger partial charge in [-0.1, -0.05) is 36.4 Å². The second kappa shape index (κ2) is 7.24. The Morgan fingerprint density at radius 3 is 2.55 bits per heavy atom. The lowest BCUT2D eigenvalue weighted by molar-refractivity contribution is -0.129. The number of carbonyl (C=O) groups excluding carboxylic acids is 2. The highest BCUT2D eigenvalue weighted by molar-refractivity contribution is 6.09. The summed E-state index contributed by atoms with van der Waals surface area (Å²) in [6.45, 7) is 5.79. The zero-order valence-corrected chi connectivity index (χ0v) is 16.8. The first-order chi connectivity index (χ1) is 13.8. The molecule has 2 heterocycles. The number of fused-ring (bicyclic) bond motifs is 1. The van der Waals surface area contributed by atoms with E-state index in [1.165, 1.54) is 6.08 Å². The number of ketones is 1. The molecular formula is C24H23NO4. The van der Waals surface area contributed by atoms with Gasteiger partial charge in [0.2, 0.25) is 0 Å². The van der Waals surface area contributed by atoms with Gasteiger partial charge in [0.1, 0.15) is 16.9 Å². The first-order valence-corrected chi connectivity index (χ1v) is 9.61. The van der Waals surface area contributed by atoms with Gasteiger partial charge in [0.25, 0.3) is 5.91 Å². The fraction of sp³-hybridized carbons (Fsp3) is 0.250. The van der Waals surface area contributed by atoms with Gasteiger partial charge in [-0.15, -0.1) is 0 Å². The molecule has 1 aliphatic heterocycles. The number of ether oxygens (including phenoxy) is 1. The van der Waals surface area contributed by atoms with Crippen LogP contribution in [0.1, 0.15) is 31.6 Å². The van der Waals surface area contributed by atoms with Crippen LogP contribution >= 0.6 is 0 Å². The first-order valence-electron chi connectivity index (χ1n) is 9.61. The molecule has 0 saturated heterocycles. The molecule has 148 valence electrons. The zero-order valence-electron chi connectivity index (χ0n) is 16.8. The number of para-hydroxylation sites is 2. The third-order valence-corrected chi connectivity index (χ3v) is 4.93. The van der Waals surface area contributed by atoms with Crippen LogP contribution in [0.5, 0.6) is 0 Å². The van der Waals surface area contributed by atoms with Crippen LogP contribution in [0.3, 0.4) is 0 Å². The quantitative estimate of drug-likeness (QED) is 0.635. The number of furan rings is 1. The Kier molecular flexibility index (Phi) is 4.74. The summed E-state index contributed by atoms with van der Waals surface area (Å²) in [7, 11) is 0. The molecule has 0 unspecified atom stereocenters. The number of nitrogens with zero attached hydrogens (tertiary/aromatic N) is 1. The van der Waals surface area contributed by atoms with E-state index >= 15 is 0 Å². The highest BCUT2D eigenvalue weighted by Gasteiger charge is 2.34. The molecular weight excluding hydrogens is 366 g/mol. The van der Waals surface area contributed by atoms with Crippen LogP contribution in [0.4, 0.5) is 5.69 Å². The van der Waals surface area contributed by atoms with Crippen molar-refractivity contribution in [3.8, 4) is 0 Å². The van der Waals surface area contributed by atoms with Crippen LogP contribution in [0.25, 0.3) is 11.0 Å². The minimum Gasteiger partial charge on any atom is -0.481 e. The fourth-order valence-electron chi connectivity index (χ4n) is 3.62. The smallest absolute Gasteiger partial charge is 0.293 e. The van der Waals surface area contributed by atoms with Crippen LogP contribution in [0.15, 0.2) is 70.8 Å². The third-order valence-electron chi connectivity index (χ3n) is 4.93. The van der Waals surface area contributed by atoms with Crippen molar-refractivity contribution in [2.75, 3.05) is 4.90 Å². The number of hydrogen-bond acceptors (Lipinski definition) is 4. The Hall–Kier alpha value is -3.34. The number of hydrogen-bond donors (Lipinski definition) is 0. The number of benzene rings is 2. The lowest BCUT2D eigenvalue weighted by Crippen LogP contribution is -2.39. The number of carbonyl (C=O) groups is 2. The van der Waals surface area contributed by atoms with Crippen molar-refractivity contribution in [2.45, 2.75) is 39.3 Å². The lowest BCUT2D eigenvalue weighted by atomic mass is 9.98. The monoisotopic (exact) mass is 389 g/mol. The van der Waals surface area contributed by atoms with Gasteiger partial charge in [-0.3, -0.25) is 14.5 Å². The van der Waals surface area contributed by atoms with E-state index in [0.717, 1.165) is 22.2 Å². The average molecular weight is 389 g/mol. The Morgan fingerprint density at radius 1 is 1.10 bits per heavy atom. The predicted molar refractivity (Wildman–Crippen MR) is 111 cm³/mol. The molecule has 0 spiro atoms. The molecule has 1 aromatic heterocycles. The van der Waals surface area contributed by atoms with Crippen LogP contribution in [0.2, 0.25) is 0 Å². The SMILES string of the molecule is Cc1ccccc1N(Cc1cc2ccccc2o1)C(=O)C1=CC(=O)CC(C)(C)O1. The minimum absolute atomic E-state index is 0.0608. The van der Waals surface area contributed by atoms with Crippen LogP contribution < -0.4 is 4.90 Å². The summed E-state index contributed by atoms with van der Waals surface area (Å²) in [6.07, 6.45) is 1.55. The Labute approximate surface area is 169 Å². The molecule has 4 rings (SSSR count). The van der Waals surface area contributed by atoms with E-state index in [1.54, 1.807) is 4.90 Å². The van der Waals surface area contributed by atoms with Crippen molar-refractivity contribution in [1.82, 2.24) is 0 Å². The van der Waals surface area contributed by atoms with Gasteiger partial charge in [0, 0.05) is 23.6 Å². The Morgan fingerprint density at radius 2 is 1.83 bits per heavy atom. The van der Waals surface area contributed by atoms with E-state index in [-0.39, 0.29) is 30.4 Å². The Balaban J connectivity index is 1.73. The maximum absolute atomic E-state index is 13.4. The average Bonchev–Trinajstić information content (AvgIpc) is 3.07. The number of amides is 1. The van der Waals surface area contributed by atoms with Crippen molar-refractivity contribution >= 4 is 28.3 Å². The highest BCUT2D eigenvalue weighted by atomic mass is 16.5. The predicted octanol–water partition coefficient (Wildman–Crippen LogP) is 4.93. The summed E-state index contributed by atoms with van der Waals surface area (Å²) < 4.78 is 11.8. The molecule has 3 aromatic rings. The fourth-order valence-corrected chi connectivity index (χ4v) is 3.62. The molecule has 1 amide bonds. The van der Waals surface area contributed by atoms with Gasteiger partial charge in [0.15, 0.2) is 11.5 Å². The van der Waals surface area contributed by atoms with Crippen molar-refractivity contribution in [3.05, 3.63) is 77.8 Å². The van der Waals surface area contributed by atoms with E-state index in [9.17, 15) is 9.59 Å². The Bertz CT molecular complexity index is 1090. The summed E-state index contributed by atoms with van der Waals surface area (Å²) >= 11 is 0. The number of rotatable bonds is 4. The second-order valence-electron chi connectivity index (χ2n) is 7.94. The van der Waals surface area contributed by atoms with Crippen LogP contribution in [0, 0.1) is 6.92 Å². The number of anilines is 1. The molecule has 0 aliphatic carbocycles. The maximum Gasteiger partial charge on any atom is 0.293 e. The maximum atomic E-state index is 13.4. The molecule has 5 nitrogen and oxygen atoms in total. The summed E-state index contributed by atoms with van der Waals surface area (Å²) in [5.41, 5.74) is 1.74. The number of aryl methyl sites for hydroxylation is 1. The molecule has 1 aliphatic rings. The van der Waals surface area contributed by atoms with Gasteiger partial charge in [-0.05, 0) is 44.5 Å². The molecule has 0 N–H and O–H groups in total. The van der Waals surface area contributed by atoms with Gasteiger partial charge >= 0.3 is 0 Å². The minimum atomic E-state index is -0.715. The molecule has 29 heavy (non-hydrogen) atoms. The number of allylic oxidation sites excluding steroid dienone is 1. The normalized spacial score (nSPS) is 15.7. The van der Waals surface area contributed by atoms with Crippen molar-refractivity contribution < 1.29 is 18.7 Å². The van der Waals surface area contributed by atoms with E-state index in [1.807, 2.05) is 75.4 Å². The van der Waals surface area contributed by atoms with E-state index in [2.05, 4.69) is 0 Å². The topological polar surface area (TPSA) is 59.8 Å². The van der Waals surface area contributed by atoms with Crippen molar-refractivity contribution in [3.63, 3.8) is 0 Å². The third kappa shape index (κ3) is 3.94. The summed E-state index contributed by atoms with van der Waals surface area (Å²) in [6, 6.07) is 17.3. The molecule has 2 aromatic carbocycles. The molecule has 0 atom stereocenters. The molecule has 5 heteroatoms. The van der Waals surface area contributed by atoms with Gasteiger partial charge < -0.3 is 9.15 Å². The molecule has 0 bridgehead atoms. The van der Waals surface area contributed by atoms with Crippen molar-refractivity contribution in [2.24, 2.45) is 0 Å². The second-order valence-corrected chi connectivity index (χ2v) is 7.94. The molecule has 0 fully saturated rings. The largest absolute Gasteiger partial charge is 0.481 e. The zero-order chi connectivity index (χ0) is 20.6. The van der Waals surface area contributed by atoms with Crippen LogP contribution in [-0.2, 0) is 20.9 Å². The van der Waals surface area contributed by atoms with E-state index in [0.29, 0.717) is 5.76 Å². The van der Waals surface area contributed by atoms with Crippen molar-refractivity contribution in [1.29, 1.82) is 0 Å². The molecule has 0 radical (unpaired) electrons. The first kappa shape index (κ1) is 19.0. The van der Waals surface area contributed by atoms with E-state index in [4.69, 9.17) is 9.15 Å². The highest BCUT2D eigenvalue weighted by Crippen LogP contribution is 2.30. The van der Waals surface area contributed by atoms with Crippen LogP contribution in [-0.4, -0.2) is 17.3 Å². The summed E-state index contributed by atoms with van der Waals surface area (Å²) in [5, 5.41) is 0.976. The lowest BCUT2D eigenvalue weighted by Gasteiger charge is -2.32. The molecule has 0 saturated carbocycles. The van der Waals surface area contributed by atoms with E-state index < -0.39 is 5.60 Å².